The van der Waals surface area contributed by atoms with E-state index in [4.69, 9.17) is 10.5 Å². The number of likely N-dealkylation sites (tertiary alicyclic amines) is 1. The minimum Gasteiger partial charge on any atom is -0.474 e. The molecule has 2 aromatic rings. The van der Waals surface area contributed by atoms with Gasteiger partial charge in [0.2, 0.25) is 12.0 Å². The lowest BCUT2D eigenvalue weighted by atomic mass is 9.97. The van der Waals surface area contributed by atoms with Gasteiger partial charge in [0.15, 0.2) is 0 Å². The maximum atomic E-state index is 13.4. The number of para-hydroxylation sites is 2. The minimum atomic E-state index is -0.725. The van der Waals surface area contributed by atoms with Crippen molar-refractivity contribution >= 4 is 17.5 Å². The summed E-state index contributed by atoms with van der Waals surface area (Å²) in [5.74, 6) is 0.147. The molecule has 6 heteroatoms. The molecular weight excluding hydrogens is 414 g/mol. The van der Waals surface area contributed by atoms with Gasteiger partial charge in [0.25, 0.3) is 5.91 Å². The molecule has 0 aliphatic carbocycles. The average Bonchev–Trinajstić information content (AvgIpc) is 2.81. The fourth-order valence-corrected chi connectivity index (χ4v) is 5.14. The summed E-state index contributed by atoms with van der Waals surface area (Å²) in [6.45, 7) is 6.48. The van der Waals surface area contributed by atoms with Gasteiger partial charge in [-0.15, -0.1) is 0 Å². The maximum absolute atomic E-state index is 13.4. The van der Waals surface area contributed by atoms with Crippen molar-refractivity contribution in [1.29, 1.82) is 0 Å². The van der Waals surface area contributed by atoms with Gasteiger partial charge >= 0.3 is 0 Å². The highest BCUT2D eigenvalue weighted by Crippen LogP contribution is 2.39. The third-order valence-electron chi connectivity index (χ3n) is 7.06. The van der Waals surface area contributed by atoms with Crippen LogP contribution in [0.1, 0.15) is 74.4 Å². The zero-order chi connectivity index (χ0) is 23.4. The first kappa shape index (κ1) is 23.3. The molecule has 1 fully saturated rings. The SMILES string of the molecule is CC1CCCC(C)N1CCCCCN1C(=O)C(c2ccc(C(N)=O)cc2)Oc2ccccc21. The number of amides is 2. The van der Waals surface area contributed by atoms with E-state index in [0.29, 0.717) is 29.9 Å². The molecule has 0 saturated carbocycles. The second-order valence-electron chi connectivity index (χ2n) is 9.37. The zero-order valence-electron chi connectivity index (χ0n) is 19.7. The van der Waals surface area contributed by atoms with Crippen LogP contribution in [0, 0.1) is 0 Å². The minimum absolute atomic E-state index is 0.0706. The number of benzene rings is 2. The van der Waals surface area contributed by atoms with E-state index in [0.717, 1.165) is 37.1 Å². The van der Waals surface area contributed by atoms with E-state index in [2.05, 4.69) is 18.7 Å². The molecule has 3 unspecified atom stereocenters. The largest absolute Gasteiger partial charge is 0.474 e. The van der Waals surface area contributed by atoms with E-state index < -0.39 is 12.0 Å². The molecular formula is C27H35N3O3. The maximum Gasteiger partial charge on any atom is 0.272 e. The number of piperidine rings is 1. The van der Waals surface area contributed by atoms with Gasteiger partial charge in [-0.25, -0.2) is 0 Å². The number of nitrogens with two attached hydrogens (primary N) is 1. The number of ether oxygens (including phenoxy) is 1. The van der Waals surface area contributed by atoms with Gasteiger partial charge in [-0.2, -0.15) is 0 Å². The molecule has 0 bridgehead atoms. The lowest BCUT2D eigenvalue weighted by Crippen LogP contribution is -2.44. The van der Waals surface area contributed by atoms with Crippen molar-refractivity contribution in [2.45, 2.75) is 70.6 Å². The number of primary amides is 1. The summed E-state index contributed by atoms with van der Waals surface area (Å²) in [4.78, 5) is 29.3. The van der Waals surface area contributed by atoms with Crippen LogP contribution in [-0.2, 0) is 4.79 Å². The first-order valence-corrected chi connectivity index (χ1v) is 12.2. The van der Waals surface area contributed by atoms with Crippen LogP contribution in [0.2, 0.25) is 0 Å². The Kier molecular flexibility index (Phi) is 7.33. The van der Waals surface area contributed by atoms with Crippen molar-refractivity contribution in [1.82, 2.24) is 4.90 Å². The van der Waals surface area contributed by atoms with Crippen molar-refractivity contribution in [2.75, 3.05) is 18.0 Å². The molecule has 2 N–H and O–H groups in total. The Hall–Kier alpha value is -2.86. The third-order valence-corrected chi connectivity index (χ3v) is 7.06. The van der Waals surface area contributed by atoms with Crippen LogP contribution in [0.25, 0.3) is 0 Å². The quantitative estimate of drug-likeness (QED) is 0.594. The Morgan fingerprint density at radius 1 is 0.970 bits per heavy atom. The summed E-state index contributed by atoms with van der Waals surface area (Å²) < 4.78 is 6.08. The zero-order valence-corrected chi connectivity index (χ0v) is 19.7. The van der Waals surface area contributed by atoms with Crippen molar-refractivity contribution in [3.05, 3.63) is 59.7 Å². The van der Waals surface area contributed by atoms with Gasteiger partial charge in [0.1, 0.15) is 5.75 Å². The summed E-state index contributed by atoms with van der Waals surface area (Å²) >= 11 is 0. The molecule has 2 aliphatic rings. The first-order chi connectivity index (χ1) is 16.0. The van der Waals surface area contributed by atoms with Crippen LogP contribution < -0.4 is 15.4 Å². The molecule has 6 nitrogen and oxygen atoms in total. The standard InChI is InChI=1S/C27H35N3O3/c1-19-9-8-10-20(2)29(19)17-6-3-7-18-30-23-11-4-5-12-24(23)33-25(27(30)32)21-13-15-22(16-14-21)26(28)31/h4-5,11-16,19-20,25H,3,6-10,17-18H2,1-2H3,(H2,28,31). The predicted octanol–water partition coefficient (Wildman–Crippen LogP) is 4.69. The van der Waals surface area contributed by atoms with Crippen molar-refractivity contribution < 1.29 is 14.3 Å². The van der Waals surface area contributed by atoms with Crippen LogP contribution in [0.15, 0.2) is 48.5 Å². The molecule has 4 rings (SSSR count). The molecule has 2 aromatic carbocycles. The number of hydrogen-bond acceptors (Lipinski definition) is 4. The van der Waals surface area contributed by atoms with Crippen molar-refractivity contribution in [3.63, 3.8) is 0 Å². The van der Waals surface area contributed by atoms with Gasteiger partial charge in [0.05, 0.1) is 5.69 Å². The number of hydrogen-bond donors (Lipinski definition) is 1. The molecule has 2 amide bonds. The molecule has 1 saturated heterocycles. The van der Waals surface area contributed by atoms with Gasteiger partial charge in [0, 0.05) is 29.8 Å². The van der Waals surface area contributed by atoms with E-state index in [1.54, 1.807) is 24.3 Å². The molecule has 176 valence electrons. The molecule has 2 aliphatic heterocycles. The topological polar surface area (TPSA) is 75.9 Å². The van der Waals surface area contributed by atoms with Crippen molar-refractivity contribution in [2.24, 2.45) is 5.73 Å². The number of unbranched alkanes of at least 4 members (excludes halogenated alkanes) is 2. The number of fused-ring (bicyclic) bond motifs is 1. The Balaban J connectivity index is 1.40. The van der Waals surface area contributed by atoms with Gasteiger partial charge in [-0.1, -0.05) is 37.1 Å². The monoisotopic (exact) mass is 449 g/mol. The third kappa shape index (κ3) is 5.22. The molecule has 3 atom stereocenters. The number of rotatable bonds is 8. The molecule has 0 radical (unpaired) electrons. The first-order valence-electron chi connectivity index (χ1n) is 12.2. The van der Waals surface area contributed by atoms with Crippen LogP contribution in [0.4, 0.5) is 5.69 Å². The molecule has 2 heterocycles. The van der Waals surface area contributed by atoms with Crippen LogP contribution in [0.3, 0.4) is 0 Å². The van der Waals surface area contributed by atoms with Crippen LogP contribution in [0.5, 0.6) is 5.75 Å². The van der Waals surface area contributed by atoms with Crippen LogP contribution >= 0.6 is 0 Å². The fourth-order valence-electron chi connectivity index (χ4n) is 5.14. The Morgan fingerprint density at radius 2 is 1.64 bits per heavy atom. The summed E-state index contributed by atoms with van der Waals surface area (Å²) in [5.41, 5.74) is 7.31. The van der Waals surface area contributed by atoms with E-state index >= 15 is 0 Å². The van der Waals surface area contributed by atoms with Gasteiger partial charge < -0.3 is 15.4 Å². The highest BCUT2D eigenvalue weighted by atomic mass is 16.5. The number of nitrogens with zero attached hydrogens (tertiary/aromatic N) is 2. The average molecular weight is 450 g/mol. The summed E-state index contributed by atoms with van der Waals surface area (Å²) in [7, 11) is 0. The van der Waals surface area contributed by atoms with Crippen LogP contribution in [-0.4, -0.2) is 41.9 Å². The summed E-state index contributed by atoms with van der Waals surface area (Å²) in [5, 5.41) is 0. The summed E-state index contributed by atoms with van der Waals surface area (Å²) in [6.07, 6.45) is 6.38. The molecule has 0 spiro atoms. The van der Waals surface area contributed by atoms with E-state index in [1.165, 1.54) is 19.3 Å². The summed E-state index contributed by atoms with van der Waals surface area (Å²) in [6, 6.07) is 15.8. The highest BCUT2D eigenvalue weighted by Gasteiger charge is 2.35. The van der Waals surface area contributed by atoms with Gasteiger partial charge in [-0.05, 0) is 70.3 Å². The van der Waals surface area contributed by atoms with E-state index in [-0.39, 0.29) is 5.91 Å². The number of carbonyl (C=O) groups is 2. The second-order valence-corrected chi connectivity index (χ2v) is 9.37. The Morgan fingerprint density at radius 3 is 2.33 bits per heavy atom. The van der Waals surface area contributed by atoms with E-state index in [9.17, 15) is 9.59 Å². The molecule has 33 heavy (non-hydrogen) atoms. The molecule has 0 aromatic heterocycles. The Labute approximate surface area is 196 Å². The van der Waals surface area contributed by atoms with E-state index in [1.807, 2.05) is 29.2 Å². The highest BCUT2D eigenvalue weighted by molar-refractivity contribution is 6.00. The predicted molar refractivity (Wildman–Crippen MR) is 130 cm³/mol. The number of carbonyl (C=O) groups excluding carboxylic acids is 2. The normalized spacial score (nSPS) is 23.2. The fraction of sp³-hybridized carbons (Fsp3) is 0.481. The van der Waals surface area contributed by atoms with Gasteiger partial charge in [-0.3, -0.25) is 14.5 Å². The Bertz CT molecular complexity index is 965. The lowest BCUT2D eigenvalue weighted by Gasteiger charge is -2.39. The van der Waals surface area contributed by atoms with Crippen molar-refractivity contribution in [3.8, 4) is 5.75 Å². The number of anilines is 1. The smallest absolute Gasteiger partial charge is 0.272 e. The lowest BCUT2D eigenvalue weighted by molar-refractivity contribution is -0.126. The second kappa shape index (κ2) is 10.4.